The summed E-state index contributed by atoms with van der Waals surface area (Å²) in [5.41, 5.74) is -0.237. The highest BCUT2D eigenvalue weighted by atomic mass is 19.1. The van der Waals surface area contributed by atoms with Crippen LogP contribution in [0.15, 0.2) is 36.8 Å². The highest BCUT2D eigenvalue weighted by molar-refractivity contribution is 5.93. The lowest BCUT2D eigenvalue weighted by atomic mass is 9.89. The van der Waals surface area contributed by atoms with Gasteiger partial charge >= 0.3 is 0 Å². The highest BCUT2D eigenvalue weighted by Gasteiger charge is 2.58. The van der Waals surface area contributed by atoms with Crippen LogP contribution < -0.4 is 0 Å². The normalized spacial score (nSPS) is 24.1. The maximum Gasteiger partial charge on any atom is 0.272 e. The van der Waals surface area contributed by atoms with Crippen molar-refractivity contribution >= 4 is 17.6 Å². The molecule has 5 heterocycles. The molecular weight excluding hydrogens is 434 g/mol. The van der Waals surface area contributed by atoms with Crippen molar-refractivity contribution in [2.75, 3.05) is 13.1 Å². The van der Waals surface area contributed by atoms with E-state index in [9.17, 15) is 18.4 Å². The number of fused-ring (bicyclic) bond motifs is 2. The van der Waals surface area contributed by atoms with Crippen molar-refractivity contribution in [3.8, 4) is 0 Å². The number of nitrogens with zero attached hydrogens (tertiary/aromatic N) is 6. The molecule has 0 aliphatic carbocycles. The van der Waals surface area contributed by atoms with Crippen LogP contribution in [0.25, 0.3) is 5.78 Å². The van der Waals surface area contributed by atoms with Gasteiger partial charge in [-0.3, -0.25) is 9.59 Å². The maximum absolute atomic E-state index is 13.8. The molecule has 170 valence electrons. The van der Waals surface area contributed by atoms with Crippen LogP contribution in [-0.2, 0) is 9.53 Å². The van der Waals surface area contributed by atoms with Crippen LogP contribution in [-0.4, -0.2) is 66.1 Å². The number of piperidine rings is 1. The van der Waals surface area contributed by atoms with Crippen LogP contribution in [0.3, 0.4) is 0 Å². The molecule has 1 aromatic carbocycles. The fourth-order valence-electron chi connectivity index (χ4n) is 5.27. The van der Waals surface area contributed by atoms with E-state index in [1.54, 1.807) is 15.9 Å². The molecule has 3 saturated heterocycles. The summed E-state index contributed by atoms with van der Waals surface area (Å²) in [6.07, 6.45) is 4.29. The Balaban J connectivity index is 1.20. The van der Waals surface area contributed by atoms with Gasteiger partial charge < -0.3 is 14.5 Å². The van der Waals surface area contributed by atoms with Gasteiger partial charge in [0.15, 0.2) is 5.60 Å². The van der Waals surface area contributed by atoms with Crippen molar-refractivity contribution < 1.29 is 23.1 Å². The van der Waals surface area contributed by atoms with Crippen LogP contribution in [0.5, 0.6) is 0 Å². The first kappa shape index (κ1) is 20.2. The van der Waals surface area contributed by atoms with Crippen LogP contribution >= 0.6 is 0 Å². The van der Waals surface area contributed by atoms with Crippen molar-refractivity contribution in [3.63, 3.8) is 0 Å². The third-order valence-electron chi connectivity index (χ3n) is 6.85. The number of likely N-dealkylation sites (tertiary alicyclic amines) is 1. The second-order valence-corrected chi connectivity index (χ2v) is 8.67. The second kappa shape index (κ2) is 7.27. The molecule has 2 aromatic heterocycles. The molecule has 11 heteroatoms. The van der Waals surface area contributed by atoms with Crippen molar-refractivity contribution in [2.24, 2.45) is 0 Å². The van der Waals surface area contributed by atoms with E-state index < -0.39 is 29.5 Å². The van der Waals surface area contributed by atoms with E-state index in [1.165, 1.54) is 29.2 Å². The zero-order valence-electron chi connectivity index (χ0n) is 17.5. The first-order chi connectivity index (χ1) is 15.9. The van der Waals surface area contributed by atoms with Gasteiger partial charge in [-0.25, -0.2) is 13.8 Å². The highest BCUT2D eigenvalue weighted by Crippen LogP contribution is 2.47. The average molecular weight is 454 g/mol. The molecular formula is C22H20F2N6O3. The number of hydrogen-bond donors (Lipinski definition) is 0. The number of halogens is 2. The fourth-order valence-corrected chi connectivity index (χ4v) is 5.27. The summed E-state index contributed by atoms with van der Waals surface area (Å²) in [5.74, 6) is -1.39. The van der Waals surface area contributed by atoms with Gasteiger partial charge in [-0.05, 0) is 36.6 Å². The van der Waals surface area contributed by atoms with Crippen molar-refractivity contribution in [1.29, 1.82) is 0 Å². The smallest absolute Gasteiger partial charge is 0.272 e. The first-order valence-electron chi connectivity index (χ1n) is 10.9. The van der Waals surface area contributed by atoms with E-state index >= 15 is 0 Å². The summed E-state index contributed by atoms with van der Waals surface area (Å²) in [7, 11) is 0. The van der Waals surface area contributed by atoms with Crippen LogP contribution in [0, 0.1) is 11.6 Å². The lowest BCUT2D eigenvalue weighted by Gasteiger charge is -2.37. The number of rotatable bonds is 2. The number of hydrogen-bond acceptors (Lipinski definition) is 6. The Morgan fingerprint density at radius 2 is 1.85 bits per heavy atom. The Labute approximate surface area is 187 Å². The summed E-state index contributed by atoms with van der Waals surface area (Å²) >= 11 is 0. The zero-order valence-corrected chi connectivity index (χ0v) is 17.5. The van der Waals surface area contributed by atoms with E-state index in [-0.39, 0.29) is 11.8 Å². The molecule has 0 N–H and O–H groups in total. The second-order valence-electron chi connectivity index (χ2n) is 8.67. The zero-order chi connectivity index (χ0) is 22.7. The van der Waals surface area contributed by atoms with Gasteiger partial charge in [-0.1, -0.05) is 0 Å². The number of benzene rings is 1. The number of ether oxygens (including phenoxy) is 1. The predicted octanol–water partition coefficient (Wildman–Crippen LogP) is 2.10. The minimum absolute atomic E-state index is 0.172. The molecule has 0 saturated carbocycles. The lowest BCUT2D eigenvalue weighted by molar-refractivity contribution is -0.142. The molecule has 2 atom stereocenters. The molecule has 0 bridgehead atoms. The van der Waals surface area contributed by atoms with Crippen molar-refractivity contribution in [2.45, 2.75) is 43.6 Å². The van der Waals surface area contributed by atoms with Crippen molar-refractivity contribution in [1.82, 2.24) is 29.4 Å². The SMILES string of the molecule is O=C(c1ccnc2ncnn12)N1CCC2(CC1)OC1CCC(c3cc(F)cc(F)c3)N1C2=O. The van der Waals surface area contributed by atoms with Crippen LogP contribution in [0.4, 0.5) is 8.78 Å². The number of carbonyl (C=O) groups is 2. The summed E-state index contributed by atoms with van der Waals surface area (Å²) in [6.45, 7) is 0.672. The van der Waals surface area contributed by atoms with Crippen molar-refractivity contribution in [3.05, 3.63) is 59.7 Å². The first-order valence-corrected chi connectivity index (χ1v) is 10.9. The molecule has 9 nitrogen and oxygen atoms in total. The Hall–Kier alpha value is -3.47. The Morgan fingerprint density at radius 1 is 1.09 bits per heavy atom. The standard InChI is InChI=1S/C22H20F2N6O3/c23-14-9-13(10-15(24)11-14)16-1-2-18-29(16)20(32)22(33-18)4-7-28(8-5-22)19(31)17-3-6-25-21-26-12-27-30(17)21/h3,6,9-12,16,18H,1-2,4-5,7-8H2. The molecule has 3 aromatic rings. The summed E-state index contributed by atoms with van der Waals surface area (Å²) in [5, 5.41) is 4.06. The molecule has 3 fully saturated rings. The van der Waals surface area contributed by atoms with Gasteiger partial charge in [-0.2, -0.15) is 14.6 Å². The van der Waals surface area contributed by atoms with E-state index in [0.29, 0.717) is 55.8 Å². The summed E-state index contributed by atoms with van der Waals surface area (Å²) in [4.78, 5) is 38.0. The molecule has 1 spiro atoms. The quantitative estimate of drug-likeness (QED) is 0.589. The average Bonchev–Trinajstić information content (AvgIpc) is 3.50. The predicted molar refractivity (Wildman–Crippen MR) is 109 cm³/mol. The van der Waals surface area contributed by atoms with Gasteiger partial charge in [0.05, 0.1) is 6.04 Å². The molecule has 0 radical (unpaired) electrons. The van der Waals surface area contributed by atoms with Gasteiger partial charge in [0.1, 0.15) is 29.9 Å². The topological polar surface area (TPSA) is 92.9 Å². The van der Waals surface area contributed by atoms with E-state index in [2.05, 4.69) is 15.1 Å². The molecule has 2 amide bonds. The fraction of sp³-hybridized carbons (Fsp3) is 0.409. The molecule has 2 unspecified atom stereocenters. The minimum Gasteiger partial charge on any atom is -0.342 e. The van der Waals surface area contributed by atoms with E-state index in [1.807, 2.05) is 0 Å². The molecule has 3 aliphatic heterocycles. The van der Waals surface area contributed by atoms with E-state index in [4.69, 9.17) is 4.74 Å². The third kappa shape index (κ3) is 3.10. The molecule has 3 aliphatic rings. The van der Waals surface area contributed by atoms with E-state index in [0.717, 1.165) is 6.07 Å². The monoisotopic (exact) mass is 454 g/mol. The van der Waals surface area contributed by atoms with Gasteiger partial charge in [0.25, 0.3) is 17.6 Å². The number of carbonyl (C=O) groups excluding carboxylic acids is 2. The third-order valence-corrected chi connectivity index (χ3v) is 6.85. The minimum atomic E-state index is -1.02. The van der Waals surface area contributed by atoms with Crippen LogP contribution in [0.1, 0.15) is 47.8 Å². The number of amides is 2. The largest absolute Gasteiger partial charge is 0.342 e. The van der Waals surface area contributed by atoms with Gasteiger partial charge in [0.2, 0.25) is 0 Å². The Bertz CT molecular complexity index is 1250. The maximum atomic E-state index is 13.8. The Morgan fingerprint density at radius 3 is 2.61 bits per heavy atom. The summed E-state index contributed by atoms with van der Waals surface area (Å²) < 4.78 is 35.2. The molecule has 33 heavy (non-hydrogen) atoms. The van der Waals surface area contributed by atoms with Gasteiger partial charge in [-0.15, -0.1) is 0 Å². The summed E-state index contributed by atoms with van der Waals surface area (Å²) in [6, 6.07) is 4.53. The number of aromatic nitrogens is 4. The lowest BCUT2D eigenvalue weighted by Crippen LogP contribution is -2.51. The van der Waals surface area contributed by atoms with Crippen LogP contribution in [0.2, 0.25) is 0 Å². The van der Waals surface area contributed by atoms with Gasteiger partial charge in [0, 0.05) is 38.2 Å². The molecule has 6 rings (SSSR count). The Kier molecular flexibility index (Phi) is 4.44.